The number of rotatable bonds is 5. The third-order valence-corrected chi connectivity index (χ3v) is 2.44. The van der Waals surface area contributed by atoms with Crippen LogP contribution in [0.5, 0.6) is 0 Å². The molecule has 0 bridgehead atoms. The van der Waals surface area contributed by atoms with Crippen LogP contribution in [0.2, 0.25) is 0 Å². The van der Waals surface area contributed by atoms with Crippen molar-refractivity contribution >= 4 is 17.7 Å². The first-order chi connectivity index (χ1) is 8.52. The van der Waals surface area contributed by atoms with Crippen molar-refractivity contribution in [3.8, 4) is 0 Å². The maximum Gasteiger partial charge on any atom is 0.411 e. The van der Waals surface area contributed by atoms with Crippen LogP contribution < -0.4 is 11.1 Å². The summed E-state index contributed by atoms with van der Waals surface area (Å²) in [5, 5.41) is 11.1. The topological polar surface area (TPSA) is 102 Å². The van der Waals surface area contributed by atoms with Gasteiger partial charge in [0.05, 0.1) is 7.11 Å². The minimum Gasteiger partial charge on any atom is -0.481 e. The van der Waals surface area contributed by atoms with Crippen molar-refractivity contribution in [3.63, 3.8) is 0 Å². The number of ether oxygens (including phenoxy) is 1. The van der Waals surface area contributed by atoms with Crippen molar-refractivity contribution in [1.29, 1.82) is 0 Å². The molecule has 1 amide bonds. The van der Waals surface area contributed by atoms with Crippen molar-refractivity contribution in [2.24, 2.45) is 5.73 Å². The Morgan fingerprint density at radius 1 is 1.39 bits per heavy atom. The Morgan fingerprint density at radius 2 is 2.00 bits per heavy atom. The van der Waals surface area contributed by atoms with E-state index >= 15 is 0 Å². The molecule has 98 valence electrons. The van der Waals surface area contributed by atoms with Crippen LogP contribution in [-0.4, -0.2) is 24.3 Å². The largest absolute Gasteiger partial charge is 0.481 e. The van der Waals surface area contributed by atoms with Gasteiger partial charge in [0.25, 0.3) is 0 Å². The van der Waals surface area contributed by atoms with Gasteiger partial charge in [0.2, 0.25) is 0 Å². The van der Waals surface area contributed by atoms with Crippen LogP contribution in [0.4, 0.5) is 10.5 Å². The predicted octanol–water partition coefficient (Wildman–Crippen LogP) is 1.73. The van der Waals surface area contributed by atoms with E-state index < -0.39 is 12.1 Å². The van der Waals surface area contributed by atoms with E-state index in [-0.39, 0.29) is 12.5 Å². The summed E-state index contributed by atoms with van der Waals surface area (Å²) in [6, 6.07) is 6.54. The van der Waals surface area contributed by atoms with Crippen LogP contribution in [-0.2, 0) is 9.53 Å². The van der Waals surface area contributed by atoms with Crippen LogP contribution in [0, 0.1) is 0 Å². The summed E-state index contributed by atoms with van der Waals surface area (Å²) >= 11 is 0. The smallest absolute Gasteiger partial charge is 0.411 e. The van der Waals surface area contributed by atoms with E-state index in [1.54, 1.807) is 24.3 Å². The monoisotopic (exact) mass is 252 g/mol. The number of carboxylic acids is 1. The fourth-order valence-corrected chi connectivity index (χ4v) is 1.43. The van der Waals surface area contributed by atoms with Gasteiger partial charge < -0.3 is 15.6 Å². The zero-order chi connectivity index (χ0) is 13.5. The predicted molar refractivity (Wildman–Crippen MR) is 66.3 cm³/mol. The Bertz CT molecular complexity index is 417. The summed E-state index contributed by atoms with van der Waals surface area (Å²) in [4.78, 5) is 21.4. The van der Waals surface area contributed by atoms with E-state index in [4.69, 9.17) is 10.8 Å². The SMILES string of the molecule is COC(=O)Nc1ccc(C(N)CCC(=O)O)cc1. The highest BCUT2D eigenvalue weighted by molar-refractivity contribution is 5.84. The number of carbonyl (C=O) groups excluding carboxylic acids is 1. The molecule has 1 unspecified atom stereocenters. The molecule has 0 saturated heterocycles. The second-order valence-electron chi connectivity index (χ2n) is 3.78. The molecule has 18 heavy (non-hydrogen) atoms. The fourth-order valence-electron chi connectivity index (χ4n) is 1.43. The molecule has 0 fully saturated rings. The average molecular weight is 252 g/mol. The molecular formula is C12H16N2O4. The summed E-state index contributed by atoms with van der Waals surface area (Å²) in [5.74, 6) is -0.866. The number of aliphatic carboxylic acids is 1. The first-order valence-electron chi connectivity index (χ1n) is 5.45. The number of carboxylic acid groups (broad SMARTS) is 1. The Hall–Kier alpha value is -2.08. The average Bonchev–Trinajstić information content (AvgIpc) is 2.36. The summed E-state index contributed by atoms with van der Waals surface area (Å²) in [5.41, 5.74) is 7.26. The van der Waals surface area contributed by atoms with Crippen molar-refractivity contribution in [2.75, 3.05) is 12.4 Å². The van der Waals surface area contributed by atoms with Gasteiger partial charge in [-0.3, -0.25) is 10.1 Å². The number of hydrogen-bond donors (Lipinski definition) is 3. The van der Waals surface area contributed by atoms with Crippen LogP contribution in [0.25, 0.3) is 0 Å². The summed E-state index contributed by atoms with van der Waals surface area (Å²) in [6.45, 7) is 0. The van der Waals surface area contributed by atoms with Crippen LogP contribution in [0.1, 0.15) is 24.4 Å². The van der Waals surface area contributed by atoms with Crippen LogP contribution in [0.15, 0.2) is 24.3 Å². The fraction of sp³-hybridized carbons (Fsp3) is 0.333. The standard InChI is InChI=1S/C12H16N2O4/c1-18-12(17)14-9-4-2-8(3-5-9)10(13)6-7-11(15)16/h2-5,10H,6-7,13H2,1H3,(H,14,17)(H,15,16). The molecule has 0 aliphatic rings. The summed E-state index contributed by atoms with van der Waals surface area (Å²) < 4.78 is 4.46. The highest BCUT2D eigenvalue weighted by atomic mass is 16.5. The van der Waals surface area contributed by atoms with E-state index in [0.717, 1.165) is 5.56 Å². The lowest BCUT2D eigenvalue weighted by atomic mass is 10.0. The van der Waals surface area contributed by atoms with Gasteiger partial charge in [-0.1, -0.05) is 12.1 Å². The molecule has 0 heterocycles. The number of nitrogens with one attached hydrogen (secondary N) is 1. The lowest BCUT2D eigenvalue weighted by Crippen LogP contribution is -2.13. The van der Waals surface area contributed by atoms with Gasteiger partial charge in [0, 0.05) is 18.2 Å². The number of anilines is 1. The van der Waals surface area contributed by atoms with Gasteiger partial charge in [-0.25, -0.2) is 4.79 Å². The lowest BCUT2D eigenvalue weighted by Gasteiger charge is -2.11. The third-order valence-electron chi connectivity index (χ3n) is 2.44. The Kier molecular flexibility index (Phi) is 5.13. The summed E-state index contributed by atoms with van der Waals surface area (Å²) in [7, 11) is 1.28. The minimum absolute atomic E-state index is 0.0311. The van der Waals surface area contributed by atoms with Crippen molar-refractivity contribution < 1.29 is 19.4 Å². The molecular weight excluding hydrogens is 236 g/mol. The maximum atomic E-state index is 11.0. The zero-order valence-corrected chi connectivity index (χ0v) is 10.1. The first kappa shape index (κ1) is 14.0. The molecule has 0 saturated carbocycles. The van der Waals surface area contributed by atoms with E-state index in [0.29, 0.717) is 12.1 Å². The minimum atomic E-state index is -0.866. The van der Waals surface area contributed by atoms with Crippen molar-refractivity contribution in [2.45, 2.75) is 18.9 Å². The Balaban J connectivity index is 2.58. The van der Waals surface area contributed by atoms with E-state index in [1.807, 2.05) is 0 Å². The summed E-state index contributed by atoms with van der Waals surface area (Å²) in [6.07, 6.45) is -0.138. The molecule has 1 aromatic rings. The molecule has 0 aliphatic carbocycles. The molecule has 6 heteroatoms. The molecule has 0 radical (unpaired) electrons. The molecule has 4 N–H and O–H groups in total. The van der Waals surface area contributed by atoms with Crippen molar-refractivity contribution in [1.82, 2.24) is 0 Å². The Labute approximate surface area is 105 Å². The second-order valence-corrected chi connectivity index (χ2v) is 3.78. The van der Waals surface area contributed by atoms with Gasteiger partial charge in [-0.2, -0.15) is 0 Å². The quantitative estimate of drug-likeness (QED) is 0.740. The second kappa shape index (κ2) is 6.61. The molecule has 1 aromatic carbocycles. The van der Waals surface area contributed by atoms with Crippen LogP contribution in [0.3, 0.4) is 0 Å². The van der Waals surface area contributed by atoms with Gasteiger partial charge in [0.1, 0.15) is 0 Å². The number of nitrogens with two attached hydrogens (primary N) is 1. The molecule has 1 atom stereocenters. The highest BCUT2D eigenvalue weighted by Gasteiger charge is 2.08. The highest BCUT2D eigenvalue weighted by Crippen LogP contribution is 2.18. The van der Waals surface area contributed by atoms with E-state index in [2.05, 4.69) is 10.1 Å². The normalized spacial score (nSPS) is 11.7. The van der Waals surface area contributed by atoms with Crippen molar-refractivity contribution in [3.05, 3.63) is 29.8 Å². The molecule has 1 rings (SSSR count). The third kappa shape index (κ3) is 4.42. The molecule has 6 nitrogen and oxygen atoms in total. The number of amides is 1. The van der Waals surface area contributed by atoms with Gasteiger partial charge in [0.15, 0.2) is 0 Å². The van der Waals surface area contributed by atoms with Gasteiger partial charge >= 0.3 is 12.1 Å². The van der Waals surface area contributed by atoms with Gasteiger partial charge in [-0.05, 0) is 24.1 Å². The van der Waals surface area contributed by atoms with Gasteiger partial charge in [-0.15, -0.1) is 0 Å². The number of hydrogen-bond acceptors (Lipinski definition) is 4. The molecule has 0 aromatic heterocycles. The first-order valence-corrected chi connectivity index (χ1v) is 5.45. The zero-order valence-electron chi connectivity index (χ0n) is 10.1. The number of carbonyl (C=O) groups is 2. The Morgan fingerprint density at radius 3 is 2.50 bits per heavy atom. The maximum absolute atomic E-state index is 11.0. The lowest BCUT2D eigenvalue weighted by molar-refractivity contribution is -0.137. The molecule has 0 spiro atoms. The number of benzene rings is 1. The molecule has 0 aliphatic heterocycles. The number of methoxy groups -OCH3 is 1. The van der Waals surface area contributed by atoms with E-state index in [1.165, 1.54) is 7.11 Å². The van der Waals surface area contributed by atoms with E-state index in [9.17, 15) is 9.59 Å². The van der Waals surface area contributed by atoms with Crippen LogP contribution >= 0.6 is 0 Å².